The Labute approximate surface area is 83.9 Å². The van der Waals surface area contributed by atoms with E-state index in [2.05, 4.69) is 9.72 Å². The second-order valence-electron chi connectivity index (χ2n) is 2.29. The molecule has 1 rings (SSSR count). The molecule has 0 amide bonds. The van der Waals surface area contributed by atoms with Crippen molar-refractivity contribution in [2.24, 2.45) is 0 Å². The smallest absolute Gasteiger partial charge is 0.388 e. The van der Waals surface area contributed by atoms with Crippen molar-refractivity contribution >= 4 is 11.6 Å². The number of aromatic nitrogens is 1. The lowest BCUT2D eigenvalue weighted by molar-refractivity contribution is -0.0534. The van der Waals surface area contributed by atoms with Gasteiger partial charge in [-0.2, -0.15) is 14.0 Å². The molecule has 0 aliphatic carbocycles. The zero-order valence-corrected chi connectivity index (χ0v) is 7.63. The van der Waals surface area contributed by atoms with Gasteiger partial charge < -0.3 is 4.74 Å². The second-order valence-corrected chi connectivity index (χ2v) is 2.70. The van der Waals surface area contributed by atoms with Gasteiger partial charge in [0.25, 0.3) is 0 Å². The molecule has 0 aliphatic heterocycles. The average Bonchev–Trinajstić information content (AvgIpc) is 2.10. The predicted octanol–water partition coefficient (Wildman–Crippen LogP) is 2.40. The van der Waals surface area contributed by atoms with E-state index in [0.29, 0.717) is 0 Å². The molecule has 0 atom stereocenters. The van der Waals surface area contributed by atoms with Gasteiger partial charge in [0.2, 0.25) is 5.88 Å². The summed E-state index contributed by atoms with van der Waals surface area (Å²) in [6.07, 6.45) is 1.12. The molecule has 74 valence electrons. The van der Waals surface area contributed by atoms with Crippen molar-refractivity contribution in [2.75, 3.05) is 0 Å². The summed E-state index contributed by atoms with van der Waals surface area (Å²) in [5, 5.41) is 8.62. The third-order valence-electron chi connectivity index (χ3n) is 1.42. The molecule has 0 unspecified atom stereocenters. The van der Waals surface area contributed by atoms with Crippen molar-refractivity contribution in [3.63, 3.8) is 0 Å². The highest BCUT2D eigenvalue weighted by atomic mass is 35.5. The fourth-order valence-electron chi connectivity index (χ4n) is 0.876. The topological polar surface area (TPSA) is 45.9 Å². The van der Waals surface area contributed by atoms with Crippen LogP contribution in [0, 0.1) is 11.3 Å². The van der Waals surface area contributed by atoms with Gasteiger partial charge in [-0.25, -0.2) is 4.98 Å². The summed E-state index contributed by atoms with van der Waals surface area (Å²) < 4.78 is 27.9. The fraction of sp³-hybridized carbons (Fsp3) is 0.250. The summed E-state index contributed by atoms with van der Waals surface area (Å²) in [7, 11) is 0. The van der Waals surface area contributed by atoms with E-state index in [4.69, 9.17) is 16.9 Å². The molecule has 3 nitrogen and oxygen atoms in total. The van der Waals surface area contributed by atoms with Crippen molar-refractivity contribution in [1.29, 1.82) is 5.26 Å². The fourth-order valence-corrected chi connectivity index (χ4v) is 1.08. The van der Waals surface area contributed by atoms with Gasteiger partial charge in [-0.3, -0.25) is 0 Å². The SMILES string of the molecule is N#CCc1c(Cl)ccnc1OC(F)F. The lowest BCUT2D eigenvalue weighted by Gasteiger charge is -2.07. The van der Waals surface area contributed by atoms with Crippen LogP contribution >= 0.6 is 11.6 Å². The molecule has 0 saturated heterocycles. The molecule has 14 heavy (non-hydrogen) atoms. The van der Waals surface area contributed by atoms with Gasteiger partial charge in [0.05, 0.1) is 17.5 Å². The summed E-state index contributed by atoms with van der Waals surface area (Å²) in [4.78, 5) is 3.56. The molecular formula is C8H5ClF2N2O. The van der Waals surface area contributed by atoms with Gasteiger partial charge in [-0.1, -0.05) is 11.6 Å². The Kier molecular flexibility index (Phi) is 3.60. The lowest BCUT2D eigenvalue weighted by Crippen LogP contribution is -2.06. The van der Waals surface area contributed by atoms with E-state index in [-0.39, 0.29) is 22.9 Å². The van der Waals surface area contributed by atoms with Crippen LogP contribution in [-0.4, -0.2) is 11.6 Å². The minimum Gasteiger partial charge on any atom is -0.417 e. The zero-order valence-electron chi connectivity index (χ0n) is 6.88. The Hall–Kier alpha value is -1.41. The first-order chi connectivity index (χ1) is 6.65. The number of ether oxygens (including phenoxy) is 1. The van der Waals surface area contributed by atoms with E-state index >= 15 is 0 Å². The number of alkyl halides is 2. The van der Waals surface area contributed by atoms with Crippen molar-refractivity contribution in [1.82, 2.24) is 4.98 Å². The van der Waals surface area contributed by atoms with Crippen molar-refractivity contribution in [3.8, 4) is 11.9 Å². The highest BCUT2D eigenvalue weighted by Crippen LogP contribution is 2.25. The minimum atomic E-state index is -2.97. The first-order valence-electron chi connectivity index (χ1n) is 3.60. The van der Waals surface area contributed by atoms with Crippen LogP contribution in [0.3, 0.4) is 0 Å². The van der Waals surface area contributed by atoms with E-state index in [1.807, 2.05) is 0 Å². The molecule has 0 spiro atoms. The molecule has 0 aromatic carbocycles. The van der Waals surface area contributed by atoms with E-state index in [9.17, 15) is 8.78 Å². The number of hydrogen-bond acceptors (Lipinski definition) is 3. The first kappa shape index (κ1) is 10.7. The Balaban J connectivity index is 3.02. The van der Waals surface area contributed by atoms with Crippen LogP contribution in [0.15, 0.2) is 12.3 Å². The third kappa shape index (κ3) is 2.54. The minimum absolute atomic E-state index is 0.116. The molecule has 0 saturated carbocycles. The quantitative estimate of drug-likeness (QED) is 0.783. The van der Waals surface area contributed by atoms with Gasteiger partial charge in [0.1, 0.15) is 0 Å². The maximum atomic E-state index is 11.9. The van der Waals surface area contributed by atoms with Gasteiger partial charge in [-0.15, -0.1) is 0 Å². The van der Waals surface area contributed by atoms with E-state index in [1.54, 1.807) is 6.07 Å². The second kappa shape index (κ2) is 4.72. The van der Waals surface area contributed by atoms with E-state index in [1.165, 1.54) is 12.3 Å². The number of nitriles is 1. The first-order valence-corrected chi connectivity index (χ1v) is 3.98. The van der Waals surface area contributed by atoms with Gasteiger partial charge >= 0.3 is 6.61 Å². The van der Waals surface area contributed by atoms with Crippen LogP contribution in [0.5, 0.6) is 5.88 Å². The normalized spacial score (nSPS) is 9.93. The molecule has 0 aliphatic rings. The highest BCUT2D eigenvalue weighted by Gasteiger charge is 2.13. The van der Waals surface area contributed by atoms with Gasteiger partial charge in [0, 0.05) is 11.8 Å². The molecule has 0 bridgehead atoms. The number of nitrogens with zero attached hydrogens (tertiary/aromatic N) is 2. The summed E-state index contributed by atoms with van der Waals surface area (Å²) in [5.74, 6) is -0.297. The Morgan fingerprint density at radius 3 is 2.93 bits per heavy atom. The average molecular weight is 219 g/mol. The van der Waals surface area contributed by atoms with Crippen LogP contribution in [0.4, 0.5) is 8.78 Å². The van der Waals surface area contributed by atoms with Crippen LogP contribution in [0.1, 0.15) is 5.56 Å². The highest BCUT2D eigenvalue weighted by molar-refractivity contribution is 6.31. The maximum absolute atomic E-state index is 11.9. The summed E-state index contributed by atoms with van der Waals surface area (Å²) in [6.45, 7) is -2.97. The Bertz CT molecular complexity index is 365. The van der Waals surface area contributed by atoms with Gasteiger partial charge in [-0.05, 0) is 6.07 Å². The van der Waals surface area contributed by atoms with Crippen molar-refractivity contribution in [3.05, 3.63) is 22.8 Å². The molecule has 1 heterocycles. The number of halogens is 3. The third-order valence-corrected chi connectivity index (χ3v) is 1.77. The van der Waals surface area contributed by atoms with Crippen molar-refractivity contribution in [2.45, 2.75) is 13.0 Å². The standard InChI is InChI=1S/C8H5ClF2N2O/c9-6-2-4-13-7(14-8(10)11)5(6)1-3-12/h2,4,8H,1H2. The predicted molar refractivity (Wildman–Crippen MR) is 45.2 cm³/mol. The lowest BCUT2D eigenvalue weighted by atomic mass is 10.2. The molecule has 6 heteroatoms. The molecule has 0 fully saturated rings. The Morgan fingerprint density at radius 1 is 1.64 bits per heavy atom. The summed E-state index contributed by atoms with van der Waals surface area (Å²) in [6, 6.07) is 3.20. The van der Waals surface area contributed by atoms with Crippen LogP contribution in [0.2, 0.25) is 5.02 Å². The van der Waals surface area contributed by atoms with E-state index < -0.39 is 6.61 Å². The largest absolute Gasteiger partial charge is 0.417 e. The molecular weight excluding hydrogens is 214 g/mol. The Morgan fingerprint density at radius 2 is 2.36 bits per heavy atom. The van der Waals surface area contributed by atoms with Crippen LogP contribution in [-0.2, 0) is 6.42 Å². The molecule has 0 N–H and O–H groups in total. The zero-order chi connectivity index (χ0) is 10.6. The maximum Gasteiger partial charge on any atom is 0.388 e. The van der Waals surface area contributed by atoms with Crippen LogP contribution < -0.4 is 4.74 Å². The van der Waals surface area contributed by atoms with Crippen LogP contribution in [0.25, 0.3) is 0 Å². The number of rotatable bonds is 3. The van der Waals surface area contributed by atoms with Gasteiger partial charge in [0.15, 0.2) is 0 Å². The molecule has 1 aromatic rings. The molecule has 0 radical (unpaired) electrons. The molecule has 1 aromatic heterocycles. The van der Waals surface area contributed by atoms with Crippen molar-refractivity contribution < 1.29 is 13.5 Å². The summed E-state index contributed by atoms with van der Waals surface area (Å²) in [5.41, 5.74) is 0.178. The monoisotopic (exact) mass is 218 g/mol. The summed E-state index contributed by atoms with van der Waals surface area (Å²) >= 11 is 5.68. The number of pyridine rings is 1. The number of hydrogen-bond donors (Lipinski definition) is 0. The van der Waals surface area contributed by atoms with E-state index in [0.717, 1.165) is 0 Å².